The van der Waals surface area contributed by atoms with Gasteiger partial charge in [0, 0.05) is 25.6 Å². The highest BCUT2D eigenvalue weighted by molar-refractivity contribution is 5.76. The van der Waals surface area contributed by atoms with Crippen molar-refractivity contribution >= 4 is 5.91 Å². The van der Waals surface area contributed by atoms with Crippen LogP contribution < -0.4 is 5.73 Å². The molecule has 1 fully saturated rings. The fourth-order valence-corrected chi connectivity index (χ4v) is 2.15. The molecule has 0 aromatic heterocycles. The number of aromatic hydroxyl groups is 1. The third-order valence-electron chi connectivity index (χ3n) is 3.31. The molecule has 1 aliphatic carbocycles. The number of hydrogen-bond donors (Lipinski definition) is 2. The SMILES string of the molecule is CC(N)CC(=O)N(Cc1cccc(O)c1)CC1CC1. The van der Waals surface area contributed by atoms with Gasteiger partial charge in [0.1, 0.15) is 5.75 Å². The van der Waals surface area contributed by atoms with Crippen molar-refractivity contribution in [3.8, 4) is 5.75 Å². The fraction of sp³-hybridized carbons (Fsp3) is 0.533. The lowest BCUT2D eigenvalue weighted by Gasteiger charge is -2.23. The molecule has 4 heteroatoms. The maximum absolute atomic E-state index is 12.2. The fourth-order valence-electron chi connectivity index (χ4n) is 2.15. The Kier molecular flexibility index (Phi) is 4.43. The number of nitrogens with zero attached hydrogens (tertiary/aromatic N) is 1. The Hall–Kier alpha value is -1.55. The summed E-state index contributed by atoms with van der Waals surface area (Å²) in [6.45, 7) is 3.21. The number of carbonyl (C=O) groups is 1. The maximum Gasteiger partial charge on any atom is 0.224 e. The van der Waals surface area contributed by atoms with Crippen LogP contribution >= 0.6 is 0 Å². The third kappa shape index (κ3) is 4.56. The van der Waals surface area contributed by atoms with Crippen molar-refractivity contribution in [2.45, 2.75) is 38.8 Å². The van der Waals surface area contributed by atoms with Gasteiger partial charge in [-0.1, -0.05) is 12.1 Å². The van der Waals surface area contributed by atoms with Crippen LogP contribution in [-0.2, 0) is 11.3 Å². The summed E-state index contributed by atoms with van der Waals surface area (Å²) in [5, 5.41) is 9.48. The summed E-state index contributed by atoms with van der Waals surface area (Å²) in [6.07, 6.45) is 2.80. The summed E-state index contributed by atoms with van der Waals surface area (Å²) in [4.78, 5) is 14.1. The standard InChI is InChI=1S/C15H22N2O2/c1-11(16)7-15(19)17(9-12-5-6-12)10-13-3-2-4-14(18)8-13/h2-4,8,11-12,18H,5-7,9-10,16H2,1H3. The minimum atomic E-state index is -0.113. The lowest BCUT2D eigenvalue weighted by atomic mass is 10.1. The van der Waals surface area contributed by atoms with Crippen LogP contribution in [0.25, 0.3) is 0 Å². The highest BCUT2D eigenvalue weighted by atomic mass is 16.3. The van der Waals surface area contributed by atoms with Gasteiger partial charge in [-0.2, -0.15) is 0 Å². The number of phenols is 1. The van der Waals surface area contributed by atoms with Crippen molar-refractivity contribution in [1.29, 1.82) is 0 Å². The Morgan fingerprint density at radius 3 is 2.84 bits per heavy atom. The van der Waals surface area contributed by atoms with Gasteiger partial charge >= 0.3 is 0 Å². The molecule has 0 bridgehead atoms. The van der Waals surface area contributed by atoms with Crippen LogP contribution in [0.15, 0.2) is 24.3 Å². The van der Waals surface area contributed by atoms with E-state index in [4.69, 9.17) is 5.73 Å². The summed E-state index contributed by atoms with van der Waals surface area (Å²) in [5.74, 6) is 0.989. The molecule has 1 atom stereocenters. The topological polar surface area (TPSA) is 66.6 Å². The molecule has 1 aliphatic rings. The van der Waals surface area contributed by atoms with E-state index in [-0.39, 0.29) is 17.7 Å². The van der Waals surface area contributed by atoms with Crippen molar-refractivity contribution in [3.63, 3.8) is 0 Å². The van der Waals surface area contributed by atoms with Gasteiger partial charge in [-0.05, 0) is 43.4 Å². The zero-order valence-electron chi connectivity index (χ0n) is 11.4. The third-order valence-corrected chi connectivity index (χ3v) is 3.31. The van der Waals surface area contributed by atoms with Gasteiger partial charge in [0.2, 0.25) is 5.91 Å². The predicted octanol–water partition coefficient (Wildman–Crippen LogP) is 1.87. The Bertz CT molecular complexity index is 442. The summed E-state index contributed by atoms with van der Waals surface area (Å²) < 4.78 is 0. The van der Waals surface area contributed by atoms with Gasteiger partial charge in [-0.15, -0.1) is 0 Å². The van der Waals surface area contributed by atoms with Crippen LogP contribution in [0.1, 0.15) is 31.7 Å². The van der Waals surface area contributed by atoms with Crippen molar-refractivity contribution < 1.29 is 9.90 Å². The lowest BCUT2D eigenvalue weighted by Crippen LogP contribution is -2.35. The molecule has 4 nitrogen and oxygen atoms in total. The monoisotopic (exact) mass is 262 g/mol. The maximum atomic E-state index is 12.2. The van der Waals surface area contributed by atoms with Gasteiger partial charge in [-0.3, -0.25) is 4.79 Å². The summed E-state index contributed by atoms with van der Waals surface area (Å²) in [7, 11) is 0. The molecule has 0 radical (unpaired) electrons. The average molecular weight is 262 g/mol. The first-order valence-electron chi connectivity index (χ1n) is 6.86. The second kappa shape index (κ2) is 6.06. The Labute approximate surface area is 114 Å². The first kappa shape index (κ1) is 13.9. The second-order valence-corrected chi connectivity index (χ2v) is 5.57. The Morgan fingerprint density at radius 1 is 1.53 bits per heavy atom. The molecule has 1 amide bonds. The number of carbonyl (C=O) groups excluding carboxylic acids is 1. The molecule has 2 rings (SSSR count). The minimum absolute atomic E-state index is 0.102. The van der Waals surface area contributed by atoms with Crippen LogP contribution in [-0.4, -0.2) is 28.5 Å². The van der Waals surface area contributed by atoms with Crippen LogP contribution in [0.4, 0.5) is 0 Å². The normalized spacial score (nSPS) is 16.1. The molecular weight excluding hydrogens is 240 g/mol. The Balaban J connectivity index is 2.02. The highest BCUT2D eigenvalue weighted by Gasteiger charge is 2.27. The highest BCUT2D eigenvalue weighted by Crippen LogP contribution is 2.30. The van der Waals surface area contributed by atoms with Gasteiger partial charge in [0.05, 0.1) is 0 Å². The largest absolute Gasteiger partial charge is 0.508 e. The quantitative estimate of drug-likeness (QED) is 0.822. The van der Waals surface area contributed by atoms with E-state index < -0.39 is 0 Å². The molecule has 19 heavy (non-hydrogen) atoms. The van der Waals surface area contributed by atoms with E-state index >= 15 is 0 Å². The van der Waals surface area contributed by atoms with Gasteiger partial charge in [0.25, 0.3) is 0 Å². The van der Waals surface area contributed by atoms with Crippen LogP contribution in [0, 0.1) is 5.92 Å². The van der Waals surface area contributed by atoms with Crippen molar-refractivity contribution in [1.82, 2.24) is 4.90 Å². The molecule has 0 heterocycles. The predicted molar refractivity (Wildman–Crippen MR) is 74.5 cm³/mol. The van der Waals surface area contributed by atoms with E-state index in [9.17, 15) is 9.90 Å². The Morgan fingerprint density at radius 2 is 2.26 bits per heavy atom. The van der Waals surface area contributed by atoms with Crippen molar-refractivity contribution in [2.75, 3.05) is 6.54 Å². The summed E-state index contributed by atoms with van der Waals surface area (Å²) >= 11 is 0. The number of nitrogens with two attached hydrogens (primary N) is 1. The number of hydrogen-bond acceptors (Lipinski definition) is 3. The second-order valence-electron chi connectivity index (χ2n) is 5.57. The zero-order valence-corrected chi connectivity index (χ0v) is 11.4. The average Bonchev–Trinajstić information content (AvgIpc) is 3.11. The summed E-state index contributed by atoms with van der Waals surface area (Å²) in [6, 6.07) is 6.96. The van der Waals surface area contributed by atoms with E-state index in [1.54, 1.807) is 18.2 Å². The first-order chi connectivity index (χ1) is 9.04. The minimum Gasteiger partial charge on any atom is -0.508 e. The van der Waals surface area contributed by atoms with E-state index in [2.05, 4.69) is 0 Å². The number of phenolic OH excluding ortho intramolecular Hbond substituents is 1. The molecule has 104 valence electrons. The van der Waals surface area contributed by atoms with Gasteiger partial charge < -0.3 is 15.7 Å². The first-order valence-corrected chi connectivity index (χ1v) is 6.86. The molecule has 1 unspecified atom stereocenters. The van der Waals surface area contributed by atoms with Crippen LogP contribution in [0.2, 0.25) is 0 Å². The molecule has 1 saturated carbocycles. The van der Waals surface area contributed by atoms with Gasteiger partial charge in [-0.25, -0.2) is 0 Å². The molecule has 0 spiro atoms. The smallest absolute Gasteiger partial charge is 0.224 e. The van der Waals surface area contributed by atoms with E-state index in [1.165, 1.54) is 12.8 Å². The molecular formula is C15H22N2O2. The van der Waals surface area contributed by atoms with Gasteiger partial charge in [0.15, 0.2) is 0 Å². The molecule has 1 aromatic rings. The number of benzene rings is 1. The lowest BCUT2D eigenvalue weighted by molar-refractivity contribution is -0.132. The van der Waals surface area contributed by atoms with Crippen molar-refractivity contribution in [3.05, 3.63) is 29.8 Å². The molecule has 0 saturated heterocycles. The number of rotatable bonds is 6. The zero-order chi connectivity index (χ0) is 13.8. The van der Waals surface area contributed by atoms with E-state index in [0.29, 0.717) is 18.9 Å². The van der Waals surface area contributed by atoms with E-state index in [1.807, 2.05) is 17.9 Å². The number of amides is 1. The molecule has 1 aromatic carbocycles. The van der Waals surface area contributed by atoms with Crippen LogP contribution in [0.5, 0.6) is 5.75 Å². The molecule has 0 aliphatic heterocycles. The molecule has 3 N–H and O–H groups in total. The van der Waals surface area contributed by atoms with Crippen molar-refractivity contribution in [2.24, 2.45) is 11.7 Å². The van der Waals surface area contributed by atoms with E-state index in [0.717, 1.165) is 12.1 Å². The van der Waals surface area contributed by atoms with Crippen LogP contribution in [0.3, 0.4) is 0 Å². The summed E-state index contributed by atoms with van der Waals surface area (Å²) in [5.41, 5.74) is 6.66.